The van der Waals surface area contributed by atoms with E-state index in [9.17, 15) is 21.6 Å². The number of carbonyl (C=O) groups is 1. The number of rotatable bonds is 3. The van der Waals surface area contributed by atoms with Gasteiger partial charge in [0.15, 0.2) is 0 Å². The molecule has 2 aliphatic rings. The minimum atomic E-state index is -3.58. The van der Waals surface area contributed by atoms with E-state index in [0.717, 1.165) is 12.8 Å². The Bertz CT molecular complexity index is 567. The van der Waals surface area contributed by atoms with Crippen LogP contribution in [-0.4, -0.2) is 56.3 Å². The van der Waals surface area contributed by atoms with Crippen molar-refractivity contribution in [1.82, 2.24) is 4.31 Å². The third kappa shape index (κ3) is 3.23. The molecule has 6 nitrogen and oxygen atoms in total. The lowest BCUT2D eigenvalue weighted by Crippen LogP contribution is -2.51. The molecule has 1 atom stereocenters. The van der Waals surface area contributed by atoms with Crippen molar-refractivity contribution in [2.24, 2.45) is 0 Å². The van der Waals surface area contributed by atoms with Crippen LogP contribution in [0.4, 0.5) is 0 Å². The zero-order valence-corrected chi connectivity index (χ0v) is 13.2. The van der Waals surface area contributed by atoms with Crippen molar-refractivity contribution in [3.8, 4) is 0 Å². The summed E-state index contributed by atoms with van der Waals surface area (Å²) in [6, 6.07) is -0.563. The normalized spacial score (nSPS) is 29.1. The van der Waals surface area contributed by atoms with Crippen molar-refractivity contribution >= 4 is 25.6 Å². The van der Waals surface area contributed by atoms with Gasteiger partial charge in [-0.3, -0.25) is 4.79 Å². The molecule has 0 bridgehead atoms. The van der Waals surface area contributed by atoms with Gasteiger partial charge >= 0.3 is 0 Å². The zero-order valence-electron chi connectivity index (χ0n) is 11.6. The Morgan fingerprint density at radius 2 is 1.70 bits per heavy atom. The van der Waals surface area contributed by atoms with Crippen molar-refractivity contribution in [1.29, 1.82) is 0 Å². The maximum absolute atomic E-state index is 12.6. The highest BCUT2D eigenvalue weighted by Gasteiger charge is 2.41. The Balaban J connectivity index is 2.19. The van der Waals surface area contributed by atoms with E-state index in [2.05, 4.69) is 0 Å². The van der Waals surface area contributed by atoms with Gasteiger partial charge in [0.25, 0.3) is 0 Å². The molecule has 0 saturated carbocycles. The zero-order chi connectivity index (χ0) is 15.0. The summed E-state index contributed by atoms with van der Waals surface area (Å²) in [5.74, 6) is -0.276. The number of sulfone groups is 1. The molecule has 0 spiro atoms. The van der Waals surface area contributed by atoms with Gasteiger partial charge in [0.1, 0.15) is 15.6 Å². The van der Waals surface area contributed by atoms with Crippen LogP contribution in [0.5, 0.6) is 0 Å². The fourth-order valence-corrected chi connectivity index (χ4v) is 6.97. The van der Waals surface area contributed by atoms with E-state index in [-0.39, 0.29) is 30.1 Å². The summed E-state index contributed by atoms with van der Waals surface area (Å²) in [6.07, 6.45) is 2.47. The minimum absolute atomic E-state index is 0.0739. The highest BCUT2D eigenvalue weighted by atomic mass is 32.2. The molecule has 2 aliphatic heterocycles. The summed E-state index contributed by atoms with van der Waals surface area (Å²) in [5, 5.41) is -0.661. The van der Waals surface area contributed by atoms with Gasteiger partial charge < -0.3 is 0 Å². The first-order chi connectivity index (χ1) is 9.24. The first-order valence-corrected chi connectivity index (χ1v) is 10.3. The van der Waals surface area contributed by atoms with E-state index in [1.807, 2.05) is 0 Å². The first-order valence-electron chi connectivity index (χ1n) is 6.95. The molecule has 0 aromatic carbocycles. The quantitative estimate of drug-likeness (QED) is 0.747. The number of Topliss-reactive ketones (excluding diaryl/α,β-unsaturated/α-hetero) is 1. The van der Waals surface area contributed by atoms with Gasteiger partial charge in [0, 0.05) is 6.54 Å². The number of hydrogen-bond acceptors (Lipinski definition) is 5. The van der Waals surface area contributed by atoms with Crippen LogP contribution in [0.15, 0.2) is 0 Å². The smallest absolute Gasteiger partial charge is 0.217 e. The lowest BCUT2D eigenvalue weighted by atomic mass is 10.0. The number of hydrogen-bond donors (Lipinski definition) is 0. The molecule has 1 unspecified atom stereocenters. The molecule has 116 valence electrons. The van der Waals surface area contributed by atoms with Crippen molar-refractivity contribution in [2.45, 2.75) is 50.3 Å². The van der Waals surface area contributed by atoms with Gasteiger partial charge in [-0.2, -0.15) is 4.31 Å². The number of nitrogens with zero attached hydrogens (tertiary/aromatic N) is 1. The largest absolute Gasteiger partial charge is 0.298 e. The van der Waals surface area contributed by atoms with Crippen LogP contribution in [-0.2, 0) is 24.7 Å². The van der Waals surface area contributed by atoms with Gasteiger partial charge in [0.2, 0.25) is 10.0 Å². The van der Waals surface area contributed by atoms with E-state index < -0.39 is 31.2 Å². The highest BCUT2D eigenvalue weighted by molar-refractivity contribution is 7.92. The van der Waals surface area contributed by atoms with Crippen LogP contribution >= 0.6 is 0 Å². The number of ketones is 1. The van der Waals surface area contributed by atoms with Crippen LogP contribution in [0.3, 0.4) is 0 Å². The van der Waals surface area contributed by atoms with Crippen LogP contribution < -0.4 is 0 Å². The van der Waals surface area contributed by atoms with Crippen LogP contribution in [0.2, 0.25) is 0 Å². The molecule has 0 radical (unpaired) electrons. The molecule has 0 aliphatic carbocycles. The summed E-state index contributed by atoms with van der Waals surface area (Å²) in [4.78, 5) is 11.6. The SMILES string of the molecule is CC(=O)C1CCCCN1S(=O)(=O)C1CCS(=O)(=O)CC1. The average Bonchev–Trinajstić information content (AvgIpc) is 2.38. The number of piperidine rings is 1. The van der Waals surface area contributed by atoms with Crippen molar-refractivity contribution in [3.63, 3.8) is 0 Å². The Hall–Kier alpha value is -0.470. The third-order valence-electron chi connectivity index (χ3n) is 4.17. The Morgan fingerprint density at radius 1 is 1.10 bits per heavy atom. The lowest BCUT2D eigenvalue weighted by molar-refractivity contribution is -0.121. The Morgan fingerprint density at radius 3 is 2.25 bits per heavy atom. The summed E-state index contributed by atoms with van der Waals surface area (Å²) in [7, 11) is -6.67. The molecule has 0 aromatic rings. The predicted octanol–water partition coefficient (Wildman–Crippen LogP) is 0.337. The van der Waals surface area contributed by atoms with E-state index in [4.69, 9.17) is 0 Å². The molecule has 0 aromatic heterocycles. The summed E-state index contributed by atoms with van der Waals surface area (Å²) < 4.78 is 49.4. The predicted molar refractivity (Wildman–Crippen MR) is 75.6 cm³/mol. The number of carbonyl (C=O) groups excluding carboxylic acids is 1. The van der Waals surface area contributed by atoms with Gasteiger partial charge in [0.05, 0.1) is 22.8 Å². The maximum Gasteiger partial charge on any atom is 0.217 e. The van der Waals surface area contributed by atoms with Crippen molar-refractivity contribution in [2.75, 3.05) is 18.1 Å². The molecule has 2 fully saturated rings. The fourth-order valence-electron chi connectivity index (χ4n) is 2.97. The average molecular weight is 323 g/mol. The van der Waals surface area contributed by atoms with E-state index in [0.29, 0.717) is 13.0 Å². The van der Waals surface area contributed by atoms with E-state index >= 15 is 0 Å². The molecule has 2 saturated heterocycles. The van der Waals surface area contributed by atoms with Crippen molar-refractivity contribution in [3.05, 3.63) is 0 Å². The molecular formula is C12H21NO5S2. The molecular weight excluding hydrogens is 302 g/mol. The number of sulfonamides is 1. The minimum Gasteiger partial charge on any atom is -0.298 e. The molecule has 0 amide bonds. The summed E-state index contributed by atoms with van der Waals surface area (Å²) in [6.45, 7) is 1.79. The Labute approximate surface area is 120 Å². The van der Waals surface area contributed by atoms with Gasteiger partial charge in [-0.25, -0.2) is 16.8 Å². The summed E-state index contributed by atoms with van der Waals surface area (Å²) in [5.41, 5.74) is 0. The Kier molecular flexibility index (Phi) is 4.56. The third-order valence-corrected chi connectivity index (χ3v) is 8.29. The molecule has 2 rings (SSSR count). The second kappa shape index (κ2) is 5.73. The van der Waals surface area contributed by atoms with Crippen LogP contribution in [0.1, 0.15) is 39.0 Å². The second-order valence-corrected chi connectivity index (χ2v) is 10.1. The maximum atomic E-state index is 12.6. The first kappa shape index (κ1) is 15.9. The fraction of sp³-hybridized carbons (Fsp3) is 0.917. The second-order valence-electron chi connectivity index (χ2n) is 5.63. The standard InChI is InChI=1S/C12H21NO5S2/c1-10(14)12-4-2-3-7-13(12)20(17,18)11-5-8-19(15,16)9-6-11/h11-12H,2-9H2,1H3. The molecule has 2 heterocycles. The topological polar surface area (TPSA) is 88.6 Å². The van der Waals surface area contributed by atoms with Crippen LogP contribution in [0, 0.1) is 0 Å². The lowest BCUT2D eigenvalue weighted by Gasteiger charge is -2.36. The monoisotopic (exact) mass is 323 g/mol. The molecule has 0 N–H and O–H groups in total. The van der Waals surface area contributed by atoms with E-state index in [1.165, 1.54) is 11.2 Å². The van der Waals surface area contributed by atoms with Crippen molar-refractivity contribution < 1.29 is 21.6 Å². The van der Waals surface area contributed by atoms with E-state index in [1.54, 1.807) is 0 Å². The molecule has 20 heavy (non-hydrogen) atoms. The van der Waals surface area contributed by atoms with Gasteiger partial charge in [-0.15, -0.1) is 0 Å². The highest BCUT2D eigenvalue weighted by Crippen LogP contribution is 2.28. The van der Waals surface area contributed by atoms with Gasteiger partial charge in [-0.05, 0) is 32.6 Å². The van der Waals surface area contributed by atoms with Gasteiger partial charge in [-0.1, -0.05) is 6.42 Å². The molecule has 8 heteroatoms. The van der Waals surface area contributed by atoms with Crippen LogP contribution in [0.25, 0.3) is 0 Å². The summed E-state index contributed by atoms with van der Waals surface area (Å²) >= 11 is 0.